The van der Waals surface area contributed by atoms with Crippen LogP contribution in [0.1, 0.15) is 12.8 Å². The molecule has 0 unspecified atom stereocenters. The Morgan fingerprint density at radius 2 is 1.45 bits per heavy atom. The first-order valence-electron chi connectivity index (χ1n) is 6.22. The number of carbonyl (C=O) groups excluding carboxylic acids is 2. The molecule has 0 bridgehead atoms. The molecule has 20 heavy (non-hydrogen) atoms. The van der Waals surface area contributed by atoms with Crippen molar-refractivity contribution >= 4 is 24.2 Å². The van der Waals surface area contributed by atoms with Gasteiger partial charge in [-0.05, 0) is 0 Å². The predicted molar refractivity (Wildman–Crippen MR) is 75.0 cm³/mol. The van der Waals surface area contributed by atoms with Gasteiger partial charge in [0, 0.05) is 13.5 Å². The van der Waals surface area contributed by atoms with Crippen LogP contribution in [-0.2, 0) is 28.5 Å². The van der Waals surface area contributed by atoms with Gasteiger partial charge in [0.2, 0.25) is 0 Å². The maximum atomic E-state index is 11.2. The fourth-order valence-electron chi connectivity index (χ4n) is 1.09. The van der Waals surface area contributed by atoms with E-state index in [0.29, 0.717) is 33.0 Å². The van der Waals surface area contributed by atoms with Crippen molar-refractivity contribution in [2.45, 2.75) is 12.8 Å². The highest BCUT2D eigenvalue weighted by Gasteiger charge is 2.06. The van der Waals surface area contributed by atoms with Gasteiger partial charge in [0.25, 0.3) is 0 Å². The summed E-state index contributed by atoms with van der Waals surface area (Å²) < 4.78 is 20.0. The minimum absolute atomic E-state index is 0. The SMILES string of the molecule is COCCOCCOCCOC(=O)CCC(=O)CN.Cl. The lowest BCUT2D eigenvalue weighted by molar-refractivity contribution is -0.146. The number of esters is 1. The Hall–Kier alpha value is -0.730. The summed E-state index contributed by atoms with van der Waals surface area (Å²) in [6.45, 7) is 2.44. The molecule has 0 aromatic heterocycles. The van der Waals surface area contributed by atoms with Crippen LogP contribution in [0.5, 0.6) is 0 Å². The van der Waals surface area contributed by atoms with Gasteiger partial charge in [-0.3, -0.25) is 9.59 Å². The molecular weight excluding hydrogens is 290 g/mol. The van der Waals surface area contributed by atoms with E-state index in [0.717, 1.165) is 0 Å². The van der Waals surface area contributed by atoms with Gasteiger partial charge in [0.1, 0.15) is 12.4 Å². The Morgan fingerprint density at radius 1 is 0.900 bits per heavy atom. The Labute approximate surface area is 125 Å². The van der Waals surface area contributed by atoms with Crippen LogP contribution < -0.4 is 5.73 Å². The molecule has 0 atom stereocenters. The van der Waals surface area contributed by atoms with E-state index >= 15 is 0 Å². The van der Waals surface area contributed by atoms with Crippen molar-refractivity contribution in [3.63, 3.8) is 0 Å². The number of Topliss-reactive ketones (excluding diaryl/α,β-unsaturated/α-hetero) is 1. The maximum absolute atomic E-state index is 11.2. The Kier molecular flexibility index (Phi) is 17.6. The monoisotopic (exact) mass is 313 g/mol. The van der Waals surface area contributed by atoms with Gasteiger partial charge in [0.15, 0.2) is 0 Å². The van der Waals surface area contributed by atoms with Crippen molar-refractivity contribution < 1.29 is 28.5 Å². The third kappa shape index (κ3) is 15.3. The van der Waals surface area contributed by atoms with Crippen LogP contribution in [0.15, 0.2) is 0 Å². The lowest BCUT2D eigenvalue weighted by Crippen LogP contribution is -2.17. The largest absolute Gasteiger partial charge is 0.463 e. The molecule has 0 saturated heterocycles. The predicted octanol–water partition coefficient (Wildman–Crippen LogP) is -0.0610. The smallest absolute Gasteiger partial charge is 0.306 e. The number of hydrogen-bond donors (Lipinski definition) is 1. The first-order valence-corrected chi connectivity index (χ1v) is 6.22. The number of methoxy groups -OCH3 is 1. The average molecular weight is 314 g/mol. The summed E-state index contributed by atoms with van der Waals surface area (Å²) in [5, 5.41) is 0. The van der Waals surface area contributed by atoms with E-state index in [4.69, 9.17) is 24.7 Å². The average Bonchev–Trinajstić information content (AvgIpc) is 2.42. The third-order valence-corrected chi connectivity index (χ3v) is 2.13. The van der Waals surface area contributed by atoms with Crippen molar-refractivity contribution in [1.29, 1.82) is 0 Å². The topological polar surface area (TPSA) is 97.1 Å². The molecule has 2 N–H and O–H groups in total. The molecule has 0 rings (SSSR count). The van der Waals surface area contributed by atoms with Gasteiger partial charge in [-0.15, -0.1) is 12.4 Å². The summed E-state index contributed by atoms with van der Waals surface area (Å²) in [5.74, 6) is -0.567. The van der Waals surface area contributed by atoms with Gasteiger partial charge < -0.3 is 24.7 Å². The number of nitrogens with two attached hydrogens (primary N) is 1. The fraction of sp³-hybridized carbons (Fsp3) is 0.833. The number of ketones is 1. The molecule has 0 fully saturated rings. The van der Waals surface area contributed by atoms with Crippen LogP contribution in [0.3, 0.4) is 0 Å². The van der Waals surface area contributed by atoms with Crippen LogP contribution >= 0.6 is 12.4 Å². The number of rotatable bonds is 13. The molecule has 7 nitrogen and oxygen atoms in total. The van der Waals surface area contributed by atoms with Gasteiger partial charge in [0.05, 0.1) is 46.0 Å². The zero-order valence-corrected chi connectivity index (χ0v) is 12.6. The minimum Gasteiger partial charge on any atom is -0.463 e. The molecule has 8 heteroatoms. The van der Waals surface area contributed by atoms with E-state index in [-0.39, 0.29) is 44.2 Å². The van der Waals surface area contributed by atoms with Crippen LogP contribution in [0.25, 0.3) is 0 Å². The molecule has 0 aromatic carbocycles. The van der Waals surface area contributed by atoms with E-state index in [2.05, 4.69) is 0 Å². The highest BCUT2D eigenvalue weighted by molar-refractivity contribution is 5.85. The van der Waals surface area contributed by atoms with E-state index < -0.39 is 5.97 Å². The van der Waals surface area contributed by atoms with Crippen LogP contribution in [-0.4, -0.2) is 65.0 Å². The molecular formula is C12H24ClNO6. The Morgan fingerprint density at radius 3 is 2.00 bits per heavy atom. The number of carbonyl (C=O) groups is 2. The molecule has 0 aromatic rings. The van der Waals surface area contributed by atoms with Gasteiger partial charge in [-0.25, -0.2) is 0 Å². The summed E-state index contributed by atoms with van der Waals surface area (Å²) >= 11 is 0. The molecule has 0 aliphatic heterocycles. The highest BCUT2D eigenvalue weighted by Crippen LogP contribution is 1.93. The standard InChI is InChI=1S/C12H23NO6.ClH/c1-16-4-5-17-6-7-18-8-9-19-12(15)3-2-11(14)10-13;/h2-10,13H2,1H3;1H. The van der Waals surface area contributed by atoms with E-state index in [1.165, 1.54) is 0 Å². The van der Waals surface area contributed by atoms with Crippen LogP contribution in [0.2, 0.25) is 0 Å². The van der Waals surface area contributed by atoms with Crippen molar-refractivity contribution in [2.75, 3.05) is 53.3 Å². The molecule has 0 saturated carbocycles. The number of halogens is 1. The Balaban J connectivity index is 0. The summed E-state index contributed by atoms with van der Waals surface area (Å²) in [5.41, 5.74) is 5.12. The quantitative estimate of drug-likeness (QED) is 0.376. The van der Waals surface area contributed by atoms with Crippen molar-refractivity contribution in [3.05, 3.63) is 0 Å². The first kappa shape index (κ1) is 21.6. The van der Waals surface area contributed by atoms with E-state index in [9.17, 15) is 9.59 Å². The van der Waals surface area contributed by atoms with Crippen molar-refractivity contribution in [1.82, 2.24) is 0 Å². The first-order chi connectivity index (χ1) is 9.20. The van der Waals surface area contributed by atoms with Crippen LogP contribution in [0.4, 0.5) is 0 Å². The summed E-state index contributed by atoms with van der Waals surface area (Å²) in [7, 11) is 1.61. The normalized spacial score (nSPS) is 9.90. The molecule has 0 spiro atoms. The third-order valence-electron chi connectivity index (χ3n) is 2.13. The summed E-state index contributed by atoms with van der Waals surface area (Å²) in [4.78, 5) is 22.0. The molecule has 0 radical (unpaired) electrons. The second-order valence-electron chi connectivity index (χ2n) is 3.68. The minimum atomic E-state index is -0.415. The van der Waals surface area contributed by atoms with Gasteiger partial charge in [-0.2, -0.15) is 0 Å². The molecule has 0 aliphatic carbocycles. The lowest BCUT2D eigenvalue weighted by atomic mass is 10.2. The molecule has 0 amide bonds. The van der Waals surface area contributed by atoms with E-state index in [1.807, 2.05) is 0 Å². The van der Waals surface area contributed by atoms with Gasteiger partial charge >= 0.3 is 5.97 Å². The zero-order valence-electron chi connectivity index (χ0n) is 11.8. The zero-order chi connectivity index (χ0) is 14.3. The van der Waals surface area contributed by atoms with Crippen molar-refractivity contribution in [2.24, 2.45) is 5.73 Å². The summed E-state index contributed by atoms with van der Waals surface area (Å²) in [6, 6.07) is 0. The lowest BCUT2D eigenvalue weighted by Gasteiger charge is -2.06. The van der Waals surface area contributed by atoms with Crippen molar-refractivity contribution in [3.8, 4) is 0 Å². The Bertz CT molecular complexity index is 252. The maximum Gasteiger partial charge on any atom is 0.306 e. The molecule has 120 valence electrons. The fourth-order valence-corrected chi connectivity index (χ4v) is 1.09. The van der Waals surface area contributed by atoms with Crippen LogP contribution in [0, 0.1) is 0 Å². The summed E-state index contributed by atoms with van der Waals surface area (Å²) in [6.07, 6.45) is 0.194. The highest BCUT2D eigenvalue weighted by atomic mass is 35.5. The number of hydrogen-bond acceptors (Lipinski definition) is 7. The second-order valence-corrected chi connectivity index (χ2v) is 3.68. The number of ether oxygens (including phenoxy) is 4. The van der Waals surface area contributed by atoms with E-state index in [1.54, 1.807) is 7.11 Å². The second kappa shape index (κ2) is 16.3. The molecule has 0 heterocycles. The molecule has 0 aliphatic rings. The van der Waals surface area contributed by atoms with Gasteiger partial charge in [-0.1, -0.05) is 0 Å².